The lowest BCUT2D eigenvalue weighted by atomic mass is 10.1. The molecular weight excluding hydrogens is 272 g/mol. The van der Waals surface area contributed by atoms with Gasteiger partial charge in [0, 0.05) is 18.0 Å². The van der Waals surface area contributed by atoms with Crippen molar-refractivity contribution in [3.8, 4) is 0 Å². The van der Waals surface area contributed by atoms with E-state index in [9.17, 15) is 13.6 Å². The number of ketones is 1. The maximum atomic E-state index is 13.6. The van der Waals surface area contributed by atoms with E-state index in [0.717, 1.165) is 0 Å². The first kappa shape index (κ1) is 13.5. The molecule has 0 spiro atoms. The Kier molecular flexibility index (Phi) is 3.52. The quantitative estimate of drug-likeness (QED) is 0.716. The monoisotopic (exact) mass is 285 g/mol. The first-order valence-corrected chi connectivity index (χ1v) is 6.63. The van der Waals surface area contributed by atoms with Crippen molar-refractivity contribution in [2.75, 3.05) is 0 Å². The Balaban J connectivity index is 1.81. The van der Waals surface area contributed by atoms with Crippen molar-refractivity contribution in [3.63, 3.8) is 0 Å². The summed E-state index contributed by atoms with van der Waals surface area (Å²) >= 11 is 0. The smallest absolute Gasteiger partial charge is 0.156 e. The van der Waals surface area contributed by atoms with Crippen LogP contribution in [0.2, 0.25) is 0 Å². The number of carbonyl (C=O) groups excluding carboxylic acids is 1. The number of nitrogens with zero attached hydrogens (tertiary/aromatic N) is 1. The maximum Gasteiger partial charge on any atom is 0.156 e. The second-order valence-corrected chi connectivity index (χ2v) is 4.92. The van der Waals surface area contributed by atoms with Crippen LogP contribution in [0.1, 0.15) is 5.56 Å². The molecule has 0 saturated heterocycles. The van der Waals surface area contributed by atoms with Gasteiger partial charge in [-0.3, -0.25) is 4.79 Å². The highest BCUT2D eigenvalue weighted by Gasteiger charge is 2.11. The predicted molar refractivity (Wildman–Crippen MR) is 77.0 cm³/mol. The SMILES string of the molecule is O=C(Cc1ccccc1F)Cn1ccc2c(F)cccc21. The van der Waals surface area contributed by atoms with Crippen molar-refractivity contribution in [3.05, 3.63) is 71.9 Å². The van der Waals surface area contributed by atoms with E-state index in [1.54, 1.807) is 47.2 Å². The van der Waals surface area contributed by atoms with Crippen LogP contribution in [0.15, 0.2) is 54.7 Å². The van der Waals surface area contributed by atoms with Gasteiger partial charge in [0.2, 0.25) is 0 Å². The van der Waals surface area contributed by atoms with Gasteiger partial charge in [-0.15, -0.1) is 0 Å². The number of fused-ring (bicyclic) bond motifs is 1. The van der Waals surface area contributed by atoms with E-state index in [1.807, 2.05) is 0 Å². The van der Waals surface area contributed by atoms with Gasteiger partial charge in [0.1, 0.15) is 11.6 Å². The Morgan fingerprint density at radius 2 is 1.71 bits per heavy atom. The third-order valence-corrected chi connectivity index (χ3v) is 3.45. The first-order valence-electron chi connectivity index (χ1n) is 6.63. The zero-order chi connectivity index (χ0) is 14.8. The molecule has 2 nitrogen and oxygen atoms in total. The van der Waals surface area contributed by atoms with E-state index in [-0.39, 0.29) is 30.4 Å². The molecule has 0 amide bonds. The molecular formula is C17H13F2NO. The Hall–Kier alpha value is -2.49. The molecule has 0 N–H and O–H groups in total. The number of carbonyl (C=O) groups is 1. The van der Waals surface area contributed by atoms with E-state index < -0.39 is 0 Å². The van der Waals surface area contributed by atoms with Gasteiger partial charge >= 0.3 is 0 Å². The Bertz CT molecular complexity index is 807. The van der Waals surface area contributed by atoms with Gasteiger partial charge in [0.25, 0.3) is 0 Å². The molecule has 106 valence electrons. The molecule has 0 atom stereocenters. The molecule has 3 rings (SSSR count). The summed E-state index contributed by atoms with van der Waals surface area (Å²) in [6.07, 6.45) is 1.70. The topological polar surface area (TPSA) is 22.0 Å². The first-order chi connectivity index (χ1) is 10.1. The fourth-order valence-electron chi connectivity index (χ4n) is 2.42. The van der Waals surface area contributed by atoms with E-state index in [2.05, 4.69) is 0 Å². The molecule has 21 heavy (non-hydrogen) atoms. The molecule has 4 heteroatoms. The van der Waals surface area contributed by atoms with Crippen LogP contribution in [0.25, 0.3) is 10.9 Å². The van der Waals surface area contributed by atoms with Crippen molar-refractivity contribution in [2.45, 2.75) is 13.0 Å². The molecule has 0 bridgehead atoms. The molecule has 1 heterocycles. The highest BCUT2D eigenvalue weighted by Crippen LogP contribution is 2.19. The van der Waals surface area contributed by atoms with Crippen LogP contribution < -0.4 is 0 Å². The van der Waals surface area contributed by atoms with Crippen LogP contribution in [-0.4, -0.2) is 10.4 Å². The number of benzene rings is 2. The van der Waals surface area contributed by atoms with Crippen LogP contribution in [-0.2, 0) is 17.8 Å². The number of Topliss-reactive ketones (excluding diaryl/α,β-unsaturated/α-hetero) is 1. The van der Waals surface area contributed by atoms with Gasteiger partial charge < -0.3 is 4.57 Å². The normalized spacial score (nSPS) is 11.0. The highest BCUT2D eigenvalue weighted by atomic mass is 19.1. The number of rotatable bonds is 4. The maximum absolute atomic E-state index is 13.6. The van der Waals surface area contributed by atoms with Gasteiger partial charge in [-0.05, 0) is 29.8 Å². The minimum absolute atomic E-state index is 0.0294. The van der Waals surface area contributed by atoms with E-state index in [1.165, 1.54) is 12.1 Å². The summed E-state index contributed by atoms with van der Waals surface area (Å²) in [5.74, 6) is -0.816. The second-order valence-electron chi connectivity index (χ2n) is 4.92. The predicted octanol–water partition coefficient (Wildman–Crippen LogP) is 3.73. The molecule has 0 aliphatic heterocycles. The van der Waals surface area contributed by atoms with Gasteiger partial charge in [-0.25, -0.2) is 8.78 Å². The molecule has 2 aromatic carbocycles. The van der Waals surface area contributed by atoms with Crippen LogP contribution in [0.3, 0.4) is 0 Å². The molecule has 0 radical (unpaired) electrons. The van der Waals surface area contributed by atoms with E-state index in [4.69, 9.17) is 0 Å². The summed E-state index contributed by atoms with van der Waals surface area (Å²) in [5.41, 5.74) is 1.04. The van der Waals surface area contributed by atoms with Gasteiger partial charge in [0.15, 0.2) is 5.78 Å². The van der Waals surface area contributed by atoms with Crippen molar-refractivity contribution in [2.24, 2.45) is 0 Å². The summed E-state index contributed by atoms with van der Waals surface area (Å²) in [4.78, 5) is 12.1. The summed E-state index contributed by atoms with van der Waals surface area (Å²) in [5, 5.41) is 0.483. The summed E-state index contributed by atoms with van der Waals surface area (Å²) < 4.78 is 28.8. The second kappa shape index (κ2) is 5.48. The summed E-state index contributed by atoms with van der Waals surface area (Å²) in [6, 6.07) is 12.6. The number of hydrogen-bond donors (Lipinski definition) is 0. The third-order valence-electron chi connectivity index (χ3n) is 3.45. The van der Waals surface area contributed by atoms with Crippen LogP contribution >= 0.6 is 0 Å². The lowest BCUT2D eigenvalue weighted by Gasteiger charge is -2.06. The molecule has 1 aromatic heterocycles. The molecule has 0 unspecified atom stereocenters. The average Bonchev–Trinajstić information content (AvgIpc) is 2.86. The minimum atomic E-state index is -0.380. The van der Waals surface area contributed by atoms with Crippen molar-refractivity contribution in [1.82, 2.24) is 4.57 Å². The van der Waals surface area contributed by atoms with Gasteiger partial charge in [0.05, 0.1) is 12.1 Å². The van der Waals surface area contributed by atoms with E-state index >= 15 is 0 Å². The standard InChI is InChI=1S/C17H13F2NO/c18-15-5-2-1-4-12(15)10-13(21)11-20-9-8-14-16(19)6-3-7-17(14)20/h1-9H,10-11H2. The lowest BCUT2D eigenvalue weighted by Crippen LogP contribution is -2.12. The Morgan fingerprint density at radius 1 is 0.952 bits per heavy atom. The summed E-state index contributed by atoms with van der Waals surface area (Å²) in [7, 11) is 0. The fourth-order valence-corrected chi connectivity index (χ4v) is 2.42. The highest BCUT2D eigenvalue weighted by molar-refractivity contribution is 5.85. The Morgan fingerprint density at radius 3 is 2.52 bits per heavy atom. The zero-order valence-electron chi connectivity index (χ0n) is 11.2. The average molecular weight is 285 g/mol. The third kappa shape index (κ3) is 2.70. The van der Waals surface area contributed by atoms with Gasteiger partial charge in [-0.1, -0.05) is 24.3 Å². The molecule has 0 fully saturated rings. The zero-order valence-corrected chi connectivity index (χ0v) is 11.2. The van der Waals surface area contributed by atoms with E-state index in [0.29, 0.717) is 16.5 Å². The number of hydrogen-bond acceptors (Lipinski definition) is 1. The van der Waals surface area contributed by atoms with Crippen LogP contribution in [0.5, 0.6) is 0 Å². The van der Waals surface area contributed by atoms with Crippen LogP contribution in [0, 0.1) is 11.6 Å². The molecule has 3 aromatic rings. The number of halogens is 2. The summed E-state index contributed by atoms with van der Waals surface area (Å²) in [6.45, 7) is 0.0985. The number of aromatic nitrogens is 1. The largest absolute Gasteiger partial charge is 0.340 e. The van der Waals surface area contributed by atoms with Crippen molar-refractivity contribution >= 4 is 16.7 Å². The molecule has 0 saturated carbocycles. The van der Waals surface area contributed by atoms with Crippen molar-refractivity contribution in [1.29, 1.82) is 0 Å². The van der Waals surface area contributed by atoms with Crippen molar-refractivity contribution < 1.29 is 13.6 Å². The fraction of sp³-hybridized carbons (Fsp3) is 0.118. The lowest BCUT2D eigenvalue weighted by molar-refractivity contribution is -0.118. The molecule has 0 aliphatic carbocycles. The van der Waals surface area contributed by atoms with Crippen LogP contribution in [0.4, 0.5) is 8.78 Å². The van der Waals surface area contributed by atoms with Gasteiger partial charge in [-0.2, -0.15) is 0 Å². The Labute approximate surface area is 120 Å². The molecule has 0 aliphatic rings. The minimum Gasteiger partial charge on any atom is -0.340 e.